The number of aromatic nitrogens is 1. The van der Waals surface area contributed by atoms with Crippen LogP contribution in [0, 0.1) is 0 Å². The molecular weight excluding hydrogens is 377 g/mol. The molecule has 0 bridgehead atoms. The lowest BCUT2D eigenvalue weighted by atomic mass is 9.84. The van der Waals surface area contributed by atoms with Crippen LogP contribution in [0.3, 0.4) is 0 Å². The summed E-state index contributed by atoms with van der Waals surface area (Å²) in [6, 6.07) is 11.3. The van der Waals surface area contributed by atoms with Gasteiger partial charge >= 0.3 is 6.18 Å². The number of hydrogen-bond acceptors (Lipinski definition) is 1. The van der Waals surface area contributed by atoms with E-state index in [9.17, 15) is 18.0 Å². The summed E-state index contributed by atoms with van der Waals surface area (Å²) in [5, 5.41) is 3.65. The number of amides is 1. The molecule has 1 amide bonds. The predicted octanol–water partition coefficient (Wildman–Crippen LogP) is 5.80. The predicted molar refractivity (Wildman–Crippen MR) is 109 cm³/mol. The molecule has 0 spiro atoms. The number of benzene rings is 2. The quantitative estimate of drug-likeness (QED) is 0.516. The molecule has 154 valence electrons. The fraction of sp³-hybridized carbons (Fsp3) is 0.348. The first-order valence-corrected chi connectivity index (χ1v) is 9.88. The van der Waals surface area contributed by atoms with Crippen LogP contribution in [0.2, 0.25) is 0 Å². The van der Waals surface area contributed by atoms with Crippen molar-refractivity contribution in [3.05, 3.63) is 70.9 Å². The Balaban J connectivity index is 2.15. The van der Waals surface area contributed by atoms with Gasteiger partial charge in [-0.1, -0.05) is 50.2 Å². The normalized spacial score (nSPS) is 12.9. The van der Waals surface area contributed by atoms with Gasteiger partial charge in [-0.05, 0) is 35.6 Å². The first kappa shape index (κ1) is 21.0. The van der Waals surface area contributed by atoms with Gasteiger partial charge < -0.3 is 10.3 Å². The maximum Gasteiger partial charge on any atom is 0.416 e. The molecule has 3 aromatic rings. The van der Waals surface area contributed by atoms with E-state index in [0.717, 1.165) is 35.4 Å². The van der Waals surface area contributed by atoms with E-state index in [1.54, 1.807) is 12.3 Å². The molecule has 6 heteroatoms. The number of para-hydroxylation sites is 1. The number of aromatic amines is 1. The Morgan fingerprint density at radius 1 is 1.07 bits per heavy atom. The molecule has 0 aliphatic rings. The number of carbonyl (C=O) groups excluding carboxylic acids is 1. The minimum Gasteiger partial charge on any atom is -0.361 e. The van der Waals surface area contributed by atoms with Gasteiger partial charge in [0.25, 0.3) is 0 Å². The topological polar surface area (TPSA) is 44.9 Å². The van der Waals surface area contributed by atoms with Crippen molar-refractivity contribution in [2.75, 3.05) is 6.54 Å². The Kier molecular flexibility index (Phi) is 6.30. The van der Waals surface area contributed by atoms with E-state index in [4.69, 9.17) is 0 Å². The number of nitrogens with one attached hydrogen (secondary N) is 2. The molecule has 1 atom stereocenters. The molecule has 1 unspecified atom stereocenters. The number of halogens is 3. The highest BCUT2D eigenvalue weighted by atomic mass is 19.4. The van der Waals surface area contributed by atoms with Crippen LogP contribution in [-0.2, 0) is 17.4 Å². The summed E-state index contributed by atoms with van der Waals surface area (Å²) < 4.78 is 41.1. The van der Waals surface area contributed by atoms with Crippen molar-refractivity contribution in [3.63, 3.8) is 0 Å². The second-order valence-electron chi connectivity index (χ2n) is 7.13. The van der Waals surface area contributed by atoms with Gasteiger partial charge in [0.05, 0.1) is 5.56 Å². The minimum atomic E-state index is -4.49. The third-order valence-corrected chi connectivity index (χ3v) is 5.19. The average molecular weight is 402 g/mol. The molecule has 0 saturated carbocycles. The molecule has 29 heavy (non-hydrogen) atoms. The fourth-order valence-corrected chi connectivity index (χ4v) is 3.79. The molecule has 0 saturated heterocycles. The van der Waals surface area contributed by atoms with E-state index in [1.165, 1.54) is 12.1 Å². The van der Waals surface area contributed by atoms with Crippen LogP contribution in [0.25, 0.3) is 10.9 Å². The van der Waals surface area contributed by atoms with Crippen molar-refractivity contribution in [2.24, 2.45) is 0 Å². The summed E-state index contributed by atoms with van der Waals surface area (Å²) in [5.74, 6) is -0.958. The standard InChI is InChI=1S/C23H25F3N2O/c1-3-12-27-21(29)13-18(16-9-5-6-11-20(16)23(24,25)26)19-14-28-22-15(4-2)8-7-10-17(19)22/h5-11,14,18,28H,3-4,12-13H2,1-2H3,(H,27,29). The lowest BCUT2D eigenvalue weighted by molar-refractivity contribution is -0.138. The van der Waals surface area contributed by atoms with Crippen LogP contribution in [0.1, 0.15) is 54.9 Å². The number of carbonyl (C=O) groups is 1. The highest BCUT2D eigenvalue weighted by Gasteiger charge is 2.36. The van der Waals surface area contributed by atoms with Crippen LogP contribution in [-0.4, -0.2) is 17.4 Å². The van der Waals surface area contributed by atoms with Gasteiger partial charge in [-0.3, -0.25) is 4.79 Å². The van der Waals surface area contributed by atoms with Crippen LogP contribution < -0.4 is 5.32 Å². The monoisotopic (exact) mass is 402 g/mol. The molecule has 3 rings (SSSR count). The zero-order chi connectivity index (χ0) is 21.0. The van der Waals surface area contributed by atoms with Crippen molar-refractivity contribution >= 4 is 16.8 Å². The van der Waals surface area contributed by atoms with Crippen LogP contribution in [0.4, 0.5) is 13.2 Å². The second kappa shape index (κ2) is 8.72. The summed E-state index contributed by atoms with van der Waals surface area (Å²) in [6.07, 6.45) is -1.22. The summed E-state index contributed by atoms with van der Waals surface area (Å²) in [5.41, 5.74) is 2.13. The molecule has 0 fully saturated rings. The lowest BCUT2D eigenvalue weighted by Crippen LogP contribution is -2.26. The number of H-pyrrole nitrogens is 1. The molecule has 0 radical (unpaired) electrons. The summed E-state index contributed by atoms with van der Waals surface area (Å²) in [7, 11) is 0. The lowest BCUT2D eigenvalue weighted by Gasteiger charge is -2.21. The molecule has 3 nitrogen and oxygen atoms in total. The van der Waals surface area contributed by atoms with Gasteiger partial charge in [0.2, 0.25) is 5.91 Å². The third kappa shape index (κ3) is 4.47. The van der Waals surface area contributed by atoms with Gasteiger partial charge in [-0.15, -0.1) is 0 Å². The maximum absolute atomic E-state index is 13.7. The Bertz CT molecular complexity index is 991. The van der Waals surface area contributed by atoms with E-state index >= 15 is 0 Å². The maximum atomic E-state index is 13.7. The van der Waals surface area contributed by atoms with E-state index in [1.807, 2.05) is 32.0 Å². The summed E-state index contributed by atoms with van der Waals surface area (Å²) in [4.78, 5) is 15.7. The number of hydrogen-bond donors (Lipinski definition) is 2. The third-order valence-electron chi connectivity index (χ3n) is 5.19. The molecule has 2 aromatic carbocycles. The second-order valence-corrected chi connectivity index (χ2v) is 7.13. The van der Waals surface area contributed by atoms with Crippen molar-refractivity contribution in [2.45, 2.75) is 45.2 Å². The van der Waals surface area contributed by atoms with E-state index in [0.29, 0.717) is 12.1 Å². The SMILES string of the molecule is CCCNC(=O)CC(c1ccccc1C(F)(F)F)c1c[nH]c2c(CC)cccc12. The number of alkyl halides is 3. The Morgan fingerprint density at radius 2 is 1.83 bits per heavy atom. The zero-order valence-electron chi connectivity index (χ0n) is 16.6. The van der Waals surface area contributed by atoms with Gasteiger partial charge in [0.15, 0.2) is 0 Å². The molecule has 2 N–H and O–H groups in total. The van der Waals surface area contributed by atoms with E-state index in [-0.39, 0.29) is 17.9 Å². The summed E-state index contributed by atoms with van der Waals surface area (Å²) in [6.45, 7) is 4.47. The first-order chi connectivity index (χ1) is 13.9. The van der Waals surface area contributed by atoms with Gasteiger partial charge in [0.1, 0.15) is 0 Å². The molecular formula is C23H25F3N2O. The fourth-order valence-electron chi connectivity index (χ4n) is 3.79. The van der Waals surface area contributed by atoms with Gasteiger partial charge in [-0.2, -0.15) is 13.2 Å². The Labute approximate surface area is 168 Å². The molecule has 1 aromatic heterocycles. The highest BCUT2D eigenvalue weighted by Crippen LogP contribution is 2.41. The van der Waals surface area contributed by atoms with Crippen molar-refractivity contribution in [1.82, 2.24) is 10.3 Å². The molecule has 0 aliphatic heterocycles. The highest BCUT2D eigenvalue weighted by molar-refractivity contribution is 5.88. The van der Waals surface area contributed by atoms with Crippen LogP contribution in [0.5, 0.6) is 0 Å². The zero-order valence-corrected chi connectivity index (χ0v) is 16.6. The van der Waals surface area contributed by atoms with E-state index < -0.39 is 17.7 Å². The molecule has 1 heterocycles. The average Bonchev–Trinajstić information content (AvgIpc) is 3.14. The summed E-state index contributed by atoms with van der Waals surface area (Å²) >= 11 is 0. The van der Waals surface area contributed by atoms with Crippen LogP contribution in [0.15, 0.2) is 48.7 Å². The van der Waals surface area contributed by atoms with Crippen molar-refractivity contribution in [1.29, 1.82) is 0 Å². The van der Waals surface area contributed by atoms with Gasteiger partial charge in [0, 0.05) is 36.0 Å². The first-order valence-electron chi connectivity index (χ1n) is 9.88. The van der Waals surface area contributed by atoms with Crippen molar-refractivity contribution in [3.8, 4) is 0 Å². The number of rotatable bonds is 7. The van der Waals surface area contributed by atoms with Crippen LogP contribution >= 0.6 is 0 Å². The Hall–Kier alpha value is -2.76. The van der Waals surface area contributed by atoms with Crippen molar-refractivity contribution < 1.29 is 18.0 Å². The largest absolute Gasteiger partial charge is 0.416 e. The number of fused-ring (bicyclic) bond motifs is 1. The smallest absolute Gasteiger partial charge is 0.361 e. The minimum absolute atomic E-state index is 0.0452. The molecule has 0 aliphatic carbocycles. The van der Waals surface area contributed by atoms with Gasteiger partial charge in [-0.25, -0.2) is 0 Å². The number of aryl methyl sites for hydroxylation is 1. The van der Waals surface area contributed by atoms with E-state index in [2.05, 4.69) is 10.3 Å². The Morgan fingerprint density at radius 3 is 2.52 bits per heavy atom.